The Morgan fingerprint density at radius 2 is 1.96 bits per heavy atom. The maximum absolute atomic E-state index is 4.70. The zero-order valence-electron chi connectivity index (χ0n) is 15.5. The highest BCUT2D eigenvalue weighted by Crippen LogP contribution is 2.18. The number of nitrogens with one attached hydrogen (secondary N) is 2. The molecule has 1 unspecified atom stereocenters. The first-order valence-corrected chi connectivity index (χ1v) is 9.50. The summed E-state index contributed by atoms with van der Waals surface area (Å²) < 4.78 is 0. The first-order valence-electron chi connectivity index (χ1n) is 8.69. The third-order valence-corrected chi connectivity index (χ3v) is 4.94. The van der Waals surface area contributed by atoms with Gasteiger partial charge in [0.05, 0.1) is 16.7 Å². The lowest BCUT2D eigenvalue weighted by atomic mass is 10.1. The predicted molar refractivity (Wildman–Crippen MR) is 119 cm³/mol. The van der Waals surface area contributed by atoms with Crippen LogP contribution in [0.5, 0.6) is 0 Å². The van der Waals surface area contributed by atoms with Gasteiger partial charge < -0.3 is 10.6 Å². The Balaban J connectivity index is 0.00000312. The first kappa shape index (κ1) is 21.9. The second-order valence-electron chi connectivity index (χ2n) is 5.75. The average molecular weight is 472 g/mol. The summed E-state index contributed by atoms with van der Waals surface area (Å²) in [6.45, 7) is 10.1. The molecule has 25 heavy (non-hydrogen) atoms. The van der Waals surface area contributed by atoms with Crippen molar-refractivity contribution < 1.29 is 0 Å². The van der Waals surface area contributed by atoms with Gasteiger partial charge in [0.15, 0.2) is 5.96 Å². The molecule has 1 aromatic heterocycles. The molecule has 0 amide bonds. The van der Waals surface area contributed by atoms with Crippen molar-refractivity contribution >= 4 is 41.3 Å². The van der Waals surface area contributed by atoms with Crippen molar-refractivity contribution in [2.45, 2.75) is 46.6 Å². The van der Waals surface area contributed by atoms with Crippen LogP contribution < -0.4 is 10.6 Å². The summed E-state index contributed by atoms with van der Waals surface area (Å²) in [5, 5.41) is 7.97. The molecule has 0 saturated heterocycles. The van der Waals surface area contributed by atoms with E-state index in [1.807, 2.05) is 6.07 Å². The molecule has 0 saturated carbocycles. The molecule has 6 heteroatoms. The number of aromatic nitrogens is 1. The third kappa shape index (κ3) is 6.93. The summed E-state index contributed by atoms with van der Waals surface area (Å²) in [6.07, 6.45) is 1.90. The topological polar surface area (TPSA) is 49.3 Å². The fourth-order valence-electron chi connectivity index (χ4n) is 2.54. The van der Waals surface area contributed by atoms with Crippen LogP contribution in [0, 0.1) is 6.92 Å². The number of aliphatic imine (C=N–C) groups is 1. The Morgan fingerprint density at radius 3 is 2.56 bits per heavy atom. The van der Waals surface area contributed by atoms with Crippen LogP contribution in [-0.4, -0.2) is 24.0 Å². The van der Waals surface area contributed by atoms with E-state index in [1.165, 1.54) is 21.1 Å². The standard InChI is InChI=1S/C19H28N4S.HI/c1-5-17-15(4)24-18(23-17)12-13-21-19(20-6-2)22-14(3)16-10-8-7-9-11-16;/h7-11,14H,5-6,12-13H2,1-4H3,(H2,20,21,22);1H. The molecule has 0 aliphatic carbocycles. The third-order valence-electron chi connectivity index (χ3n) is 3.86. The average Bonchev–Trinajstić information content (AvgIpc) is 2.95. The smallest absolute Gasteiger partial charge is 0.191 e. The molecule has 0 fully saturated rings. The number of hydrogen-bond acceptors (Lipinski definition) is 3. The van der Waals surface area contributed by atoms with Crippen molar-refractivity contribution in [3.63, 3.8) is 0 Å². The highest BCUT2D eigenvalue weighted by atomic mass is 127. The zero-order valence-corrected chi connectivity index (χ0v) is 18.7. The Hall–Kier alpha value is -1.15. The quantitative estimate of drug-likeness (QED) is 0.355. The molecule has 0 aliphatic heterocycles. The molecular weight excluding hydrogens is 443 g/mol. The normalized spacial score (nSPS) is 12.4. The van der Waals surface area contributed by atoms with Crippen LogP contribution in [0.25, 0.3) is 0 Å². The van der Waals surface area contributed by atoms with E-state index in [0.717, 1.165) is 31.9 Å². The van der Waals surface area contributed by atoms with Crippen LogP contribution in [0.2, 0.25) is 0 Å². The van der Waals surface area contributed by atoms with Crippen molar-refractivity contribution in [3.8, 4) is 0 Å². The SMILES string of the molecule is CCNC(=NCCc1nc(CC)c(C)s1)NC(C)c1ccccc1.I. The van der Waals surface area contributed by atoms with Gasteiger partial charge in [-0.3, -0.25) is 4.99 Å². The second-order valence-corrected chi connectivity index (χ2v) is 7.04. The number of aryl methyl sites for hydroxylation is 2. The maximum Gasteiger partial charge on any atom is 0.191 e. The van der Waals surface area contributed by atoms with E-state index in [1.54, 1.807) is 11.3 Å². The van der Waals surface area contributed by atoms with E-state index in [-0.39, 0.29) is 30.0 Å². The molecule has 0 bridgehead atoms. The van der Waals surface area contributed by atoms with Crippen molar-refractivity contribution in [1.82, 2.24) is 15.6 Å². The summed E-state index contributed by atoms with van der Waals surface area (Å²) in [7, 11) is 0. The fraction of sp³-hybridized carbons (Fsp3) is 0.474. The zero-order chi connectivity index (χ0) is 17.4. The highest BCUT2D eigenvalue weighted by molar-refractivity contribution is 14.0. The minimum atomic E-state index is 0. The van der Waals surface area contributed by atoms with Gasteiger partial charge in [-0.2, -0.15) is 0 Å². The molecule has 1 aromatic carbocycles. The number of benzene rings is 1. The highest BCUT2D eigenvalue weighted by Gasteiger charge is 2.08. The number of thiazole rings is 1. The molecular formula is C19H29IN4S. The maximum atomic E-state index is 4.70. The van der Waals surface area contributed by atoms with Gasteiger partial charge in [-0.15, -0.1) is 35.3 Å². The van der Waals surface area contributed by atoms with Crippen LogP contribution in [0.15, 0.2) is 35.3 Å². The van der Waals surface area contributed by atoms with Gasteiger partial charge in [0, 0.05) is 24.4 Å². The van der Waals surface area contributed by atoms with Crippen LogP contribution in [-0.2, 0) is 12.8 Å². The molecule has 2 aromatic rings. The predicted octanol–water partition coefficient (Wildman–Crippen LogP) is 4.49. The van der Waals surface area contributed by atoms with E-state index in [0.29, 0.717) is 0 Å². The number of nitrogens with zero attached hydrogens (tertiary/aromatic N) is 2. The Labute approximate surface area is 172 Å². The van der Waals surface area contributed by atoms with Gasteiger partial charge in [-0.25, -0.2) is 4.98 Å². The molecule has 1 heterocycles. The van der Waals surface area contributed by atoms with Crippen molar-refractivity contribution in [1.29, 1.82) is 0 Å². The van der Waals surface area contributed by atoms with Crippen LogP contribution in [0.4, 0.5) is 0 Å². The van der Waals surface area contributed by atoms with Crippen LogP contribution in [0.3, 0.4) is 0 Å². The Morgan fingerprint density at radius 1 is 1.24 bits per heavy atom. The molecule has 2 rings (SSSR count). The largest absolute Gasteiger partial charge is 0.357 e. The van der Waals surface area contributed by atoms with E-state index >= 15 is 0 Å². The van der Waals surface area contributed by atoms with Crippen molar-refractivity contribution in [3.05, 3.63) is 51.5 Å². The number of halogens is 1. The summed E-state index contributed by atoms with van der Waals surface area (Å²) in [5.74, 6) is 0.859. The summed E-state index contributed by atoms with van der Waals surface area (Å²) in [5.41, 5.74) is 2.48. The van der Waals surface area contributed by atoms with Crippen molar-refractivity contribution in [2.75, 3.05) is 13.1 Å². The molecule has 0 spiro atoms. The van der Waals surface area contributed by atoms with Gasteiger partial charge in [-0.1, -0.05) is 37.3 Å². The lowest BCUT2D eigenvalue weighted by Gasteiger charge is -2.18. The molecule has 0 aliphatic rings. The fourth-order valence-corrected chi connectivity index (χ4v) is 3.55. The monoisotopic (exact) mass is 472 g/mol. The lowest BCUT2D eigenvalue weighted by molar-refractivity contribution is 0.686. The van der Waals surface area contributed by atoms with Gasteiger partial charge in [-0.05, 0) is 32.8 Å². The molecule has 138 valence electrons. The van der Waals surface area contributed by atoms with E-state index < -0.39 is 0 Å². The Bertz CT molecular complexity index is 655. The summed E-state index contributed by atoms with van der Waals surface area (Å²) in [4.78, 5) is 10.7. The molecule has 4 nitrogen and oxygen atoms in total. The van der Waals surface area contributed by atoms with Gasteiger partial charge in [0.1, 0.15) is 0 Å². The number of guanidine groups is 1. The molecule has 1 atom stereocenters. The number of rotatable bonds is 7. The van der Waals surface area contributed by atoms with E-state index in [9.17, 15) is 0 Å². The lowest BCUT2D eigenvalue weighted by Crippen LogP contribution is -2.38. The van der Waals surface area contributed by atoms with Crippen LogP contribution in [0.1, 0.15) is 48.0 Å². The van der Waals surface area contributed by atoms with E-state index in [4.69, 9.17) is 4.99 Å². The van der Waals surface area contributed by atoms with Gasteiger partial charge >= 0.3 is 0 Å². The van der Waals surface area contributed by atoms with Gasteiger partial charge in [0.2, 0.25) is 0 Å². The number of hydrogen-bond donors (Lipinski definition) is 2. The van der Waals surface area contributed by atoms with E-state index in [2.05, 4.69) is 67.6 Å². The first-order chi connectivity index (χ1) is 11.6. The Kier molecular flexibility index (Phi) is 10.0. The summed E-state index contributed by atoms with van der Waals surface area (Å²) >= 11 is 1.79. The molecule has 0 radical (unpaired) electrons. The van der Waals surface area contributed by atoms with Crippen LogP contribution >= 0.6 is 35.3 Å². The minimum absolute atomic E-state index is 0. The summed E-state index contributed by atoms with van der Waals surface area (Å²) in [6, 6.07) is 10.6. The van der Waals surface area contributed by atoms with Crippen molar-refractivity contribution in [2.24, 2.45) is 4.99 Å². The second kappa shape index (κ2) is 11.5. The molecule has 2 N–H and O–H groups in total. The minimum Gasteiger partial charge on any atom is -0.357 e. The van der Waals surface area contributed by atoms with Gasteiger partial charge in [0.25, 0.3) is 0 Å².